The minimum atomic E-state index is -0.633. The summed E-state index contributed by atoms with van der Waals surface area (Å²) in [4.78, 5) is 21.2. The van der Waals surface area contributed by atoms with Crippen LogP contribution in [0.3, 0.4) is 0 Å². The molecule has 0 fully saturated rings. The molecule has 16 heavy (non-hydrogen) atoms. The molecule has 1 aromatic carbocycles. The number of hydrogen-bond donors (Lipinski definition) is 1. The van der Waals surface area contributed by atoms with E-state index in [1.165, 1.54) is 12.1 Å². The molecule has 6 nitrogen and oxygen atoms in total. The van der Waals surface area contributed by atoms with Crippen LogP contribution in [-0.2, 0) is 4.79 Å². The third-order valence-corrected chi connectivity index (χ3v) is 1.92. The highest BCUT2D eigenvalue weighted by molar-refractivity contribution is 5.93. The average molecular weight is 219 g/mol. The van der Waals surface area contributed by atoms with Gasteiger partial charge >= 0.3 is 0 Å². The van der Waals surface area contributed by atoms with Crippen LogP contribution in [0.5, 0.6) is 0 Å². The van der Waals surface area contributed by atoms with Gasteiger partial charge < -0.3 is 5.32 Å². The summed E-state index contributed by atoms with van der Waals surface area (Å²) in [7, 11) is 0. The number of amides is 1. The predicted octanol–water partition coefficient (Wildman–Crippen LogP) is 1.81. The SMILES string of the molecule is CCC(=O)Nc1ccc(C#N)cc1[N+](=O)[O-]. The summed E-state index contributed by atoms with van der Waals surface area (Å²) in [6, 6.07) is 5.70. The summed E-state index contributed by atoms with van der Waals surface area (Å²) in [6.45, 7) is 1.64. The maximum absolute atomic E-state index is 11.1. The van der Waals surface area contributed by atoms with E-state index in [2.05, 4.69) is 5.32 Å². The molecule has 0 aromatic heterocycles. The van der Waals surface area contributed by atoms with Gasteiger partial charge in [-0.15, -0.1) is 0 Å². The third-order valence-electron chi connectivity index (χ3n) is 1.92. The van der Waals surface area contributed by atoms with E-state index in [1.807, 2.05) is 0 Å². The highest BCUT2D eigenvalue weighted by Gasteiger charge is 2.15. The van der Waals surface area contributed by atoms with Gasteiger partial charge in [-0.25, -0.2) is 0 Å². The maximum atomic E-state index is 11.1. The lowest BCUT2D eigenvalue weighted by atomic mass is 10.2. The lowest BCUT2D eigenvalue weighted by molar-refractivity contribution is -0.383. The second kappa shape index (κ2) is 4.89. The number of benzene rings is 1. The Morgan fingerprint density at radius 1 is 1.62 bits per heavy atom. The first-order chi connectivity index (χ1) is 7.58. The number of nitrogens with one attached hydrogen (secondary N) is 1. The lowest BCUT2D eigenvalue weighted by Gasteiger charge is -2.04. The molecule has 0 bridgehead atoms. The van der Waals surface area contributed by atoms with Crippen LogP contribution in [0.25, 0.3) is 0 Å². The van der Waals surface area contributed by atoms with E-state index in [0.717, 1.165) is 6.07 Å². The van der Waals surface area contributed by atoms with Crippen LogP contribution in [0.15, 0.2) is 18.2 Å². The molecular formula is C10H9N3O3. The molecule has 0 aliphatic carbocycles. The second-order valence-electron chi connectivity index (χ2n) is 3.00. The average Bonchev–Trinajstić information content (AvgIpc) is 2.29. The summed E-state index contributed by atoms with van der Waals surface area (Å²) in [5, 5.41) is 21.7. The Hall–Kier alpha value is -2.42. The summed E-state index contributed by atoms with van der Waals surface area (Å²) in [5.74, 6) is -0.312. The van der Waals surface area contributed by atoms with E-state index >= 15 is 0 Å². The number of nitro benzene ring substituents is 1. The molecule has 0 atom stereocenters. The van der Waals surface area contributed by atoms with Crippen molar-refractivity contribution in [1.29, 1.82) is 5.26 Å². The summed E-state index contributed by atoms with van der Waals surface area (Å²) in [5.41, 5.74) is 0.0119. The van der Waals surface area contributed by atoms with E-state index < -0.39 is 4.92 Å². The van der Waals surface area contributed by atoms with Crippen molar-refractivity contribution < 1.29 is 9.72 Å². The fraction of sp³-hybridized carbons (Fsp3) is 0.200. The summed E-state index contributed by atoms with van der Waals surface area (Å²) < 4.78 is 0. The van der Waals surface area contributed by atoms with Gasteiger partial charge in [0, 0.05) is 12.5 Å². The maximum Gasteiger partial charge on any atom is 0.294 e. The molecule has 0 saturated carbocycles. The van der Waals surface area contributed by atoms with E-state index in [1.54, 1.807) is 13.0 Å². The number of carbonyl (C=O) groups is 1. The van der Waals surface area contributed by atoms with Crippen LogP contribution >= 0.6 is 0 Å². The molecule has 0 heterocycles. The second-order valence-corrected chi connectivity index (χ2v) is 3.00. The highest BCUT2D eigenvalue weighted by atomic mass is 16.6. The topological polar surface area (TPSA) is 96.0 Å². The Kier molecular flexibility index (Phi) is 3.56. The Bertz CT molecular complexity index is 477. The van der Waals surface area contributed by atoms with Gasteiger partial charge in [0.15, 0.2) is 0 Å². The Labute approximate surface area is 91.6 Å². The third kappa shape index (κ3) is 2.54. The Morgan fingerprint density at radius 2 is 2.31 bits per heavy atom. The fourth-order valence-corrected chi connectivity index (χ4v) is 1.10. The molecule has 6 heteroatoms. The van der Waals surface area contributed by atoms with Gasteiger partial charge in [-0.05, 0) is 12.1 Å². The van der Waals surface area contributed by atoms with Crippen molar-refractivity contribution in [3.05, 3.63) is 33.9 Å². The number of carbonyl (C=O) groups excluding carboxylic acids is 1. The van der Waals surface area contributed by atoms with Crippen molar-refractivity contribution in [2.45, 2.75) is 13.3 Å². The van der Waals surface area contributed by atoms with Crippen molar-refractivity contribution in [3.8, 4) is 6.07 Å². The van der Waals surface area contributed by atoms with Gasteiger partial charge in [-0.3, -0.25) is 14.9 Å². The van der Waals surface area contributed by atoms with E-state index in [0.29, 0.717) is 0 Å². The number of nitro groups is 1. The molecule has 1 amide bonds. The van der Waals surface area contributed by atoms with Crippen LogP contribution in [0.4, 0.5) is 11.4 Å². The molecule has 1 rings (SSSR count). The standard InChI is InChI=1S/C10H9N3O3/c1-2-10(14)12-8-4-3-7(6-11)5-9(8)13(15)16/h3-5H,2H2,1H3,(H,12,14). The first-order valence-electron chi connectivity index (χ1n) is 4.57. The highest BCUT2D eigenvalue weighted by Crippen LogP contribution is 2.25. The van der Waals surface area contributed by atoms with Gasteiger partial charge in [0.2, 0.25) is 5.91 Å². The zero-order valence-corrected chi connectivity index (χ0v) is 8.56. The predicted molar refractivity (Wildman–Crippen MR) is 56.7 cm³/mol. The largest absolute Gasteiger partial charge is 0.320 e. The fourth-order valence-electron chi connectivity index (χ4n) is 1.10. The first kappa shape index (κ1) is 11.7. The number of rotatable bonds is 3. The van der Waals surface area contributed by atoms with Crippen LogP contribution in [0, 0.1) is 21.4 Å². The van der Waals surface area contributed by atoms with Crippen LogP contribution < -0.4 is 5.32 Å². The number of anilines is 1. The molecule has 1 N–H and O–H groups in total. The smallest absolute Gasteiger partial charge is 0.294 e. The van der Waals surface area contributed by atoms with Crippen LogP contribution in [-0.4, -0.2) is 10.8 Å². The van der Waals surface area contributed by atoms with Crippen LogP contribution in [0.1, 0.15) is 18.9 Å². The molecule has 82 valence electrons. The minimum Gasteiger partial charge on any atom is -0.320 e. The summed E-state index contributed by atoms with van der Waals surface area (Å²) in [6.07, 6.45) is 0.233. The van der Waals surface area contributed by atoms with Gasteiger partial charge in [0.1, 0.15) is 5.69 Å². The number of hydrogen-bond acceptors (Lipinski definition) is 4. The lowest BCUT2D eigenvalue weighted by Crippen LogP contribution is -2.11. The van der Waals surface area contributed by atoms with E-state index in [4.69, 9.17) is 5.26 Å². The molecule has 0 spiro atoms. The zero-order chi connectivity index (χ0) is 12.1. The Morgan fingerprint density at radius 3 is 2.81 bits per heavy atom. The van der Waals surface area contributed by atoms with Gasteiger partial charge in [0.25, 0.3) is 5.69 Å². The molecule has 0 radical (unpaired) electrons. The van der Waals surface area contributed by atoms with Gasteiger partial charge in [-0.1, -0.05) is 6.92 Å². The van der Waals surface area contributed by atoms with Crippen molar-refractivity contribution in [2.75, 3.05) is 5.32 Å². The molecule has 1 aromatic rings. The van der Waals surface area contributed by atoms with Crippen LogP contribution in [0.2, 0.25) is 0 Å². The van der Waals surface area contributed by atoms with Gasteiger partial charge in [-0.2, -0.15) is 5.26 Å². The Balaban J connectivity index is 3.14. The molecule has 0 saturated heterocycles. The van der Waals surface area contributed by atoms with Crippen molar-refractivity contribution >= 4 is 17.3 Å². The minimum absolute atomic E-state index is 0.107. The zero-order valence-electron chi connectivity index (χ0n) is 8.56. The van der Waals surface area contributed by atoms with E-state index in [9.17, 15) is 14.9 Å². The molecule has 0 aliphatic heterocycles. The van der Waals surface area contributed by atoms with Gasteiger partial charge in [0.05, 0.1) is 16.6 Å². The van der Waals surface area contributed by atoms with E-state index in [-0.39, 0.29) is 29.3 Å². The monoisotopic (exact) mass is 219 g/mol. The molecule has 0 aliphatic rings. The molecule has 0 unspecified atom stereocenters. The molecular weight excluding hydrogens is 210 g/mol. The number of nitriles is 1. The number of nitrogens with zero attached hydrogens (tertiary/aromatic N) is 2. The van der Waals surface area contributed by atoms with Crippen molar-refractivity contribution in [3.63, 3.8) is 0 Å². The summed E-state index contributed by atoms with van der Waals surface area (Å²) >= 11 is 0. The van der Waals surface area contributed by atoms with Crippen molar-refractivity contribution in [2.24, 2.45) is 0 Å². The first-order valence-corrected chi connectivity index (χ1v) is 4.57. The van der Waals surface area contributed by atoms with Crippen molar-refractivity contribution in [1.82, 2.24) is 0 Å². The quantitative estimate of drug-likeness (QED) is 0.619. The normalized spacial score (nSPS) is 9.25.